The minimum Gasteiger partial charge on any atom is -0.390 e. The van der Waals surface area contributed by atoms with E-state index < -0.39 is 0 Å². The van der Waals surface area contributed by atoms with E-state index in [1.165, 1.54) is 83.5 Å². The van der Waals surface area contributed by atoms with Gasteiger partial charge in [0.05, 0.1) is 5.60 Å². The van der Waals surface area contributed by atoms with Gasteiger partial charge in [0.2, 0.25) is 0 Å². The second kappa shape index (κ2) is 14.9. The van der Waals surface area contributed by atoms with Gasteiger partial charge in [0.25, 0.3) is 0 Å². The van der Waals surface area contributed by atoms with E-state index in [0.717, 1.165) is 19.3 Å². The van der Waals surface area contributed by atoms with Gasteiger partial charge >= 0.3 is 0 Å². The second-order valence-corrected chi connectivity index (χ2v) is 6.97. The Morgan fingerprint density at radius 1 is 0.524 bits per heavy atom. The van der Waals surface area contributed by atoms with Crippen molar-refractivity contribution in [3.63, 3.8) is 0 Å². The molecule has 0 aromatic heterocycles. The highest BCUT2D eigenvalue weighted by atomic mass is 16.3. The lowest BCUT2D eigenvalue weighted by Crippen LogP contribution is -2.27. The van der Waals surface area contributed by atoms with Crippen molar-refractivity contribution in [3.05, 3.63) is 0 Å². The second-order valence-electron chi connectivity index (χ2n) is 6.97. The summed E-state index contributed by atoms with van der Waals surface area (Å²) in [5.74, 6) is 0. The Labute approximate surface area is 134 Å². The van der Waals surface area contributed by atoms with Gasteiger partial charge in [0, 0.05) is 0 Å². The van der Waals surface area contributed by atoms with Crippen molar-refractivity contribution in [1.82, 2.24) is 0 Å². The molecule has 0 heterocycles. The monoisotopic (exact) mass is 298 g/mol. The van der Waals surface area contributed by atoms with Gasteiger partial charge in [0.15, 0.2) is 0 Å². The Morgan fingerprint density at radius 2 is 0.857 bits per heavy atom. The van der Waals surface area contributed by atoms with Gasteiger partial charge in [-0.05, 0) is 19.3 Å². The Bertz CT molecular complexity index is 202. The van der Waals surface area contributed by atoms with Crippen LogP contribution in [-0.2, 0) is 0 Å². The van der Waals surface area contributed by atoms with E-state index in [1.54, 1.807) is 0 Å². The van der Waals surface area contributed by atoms with Crippen molar-refractivity contribution in [3.8, 4) is 0 Å². The molecule has 0 aliphatic heterocycles. The SMILES string of the molecule is CCCCCCCCCCCCC(O)(CC)CCCCC. The minimum atomic E-state index is -0.366. The van der Waals surface area contributed by atoms with E-state index in [2.05, 4.69) is 20.8 Å². The molecule has 128 valence electrons. The van der Waals surface area contributed by atoms with Crippen LogP contribution in [0.25, 0.3) is 0 Å². The Morgan fingerprint density at radius 3 is 1.29 bits per heavy atom. The quantitative estimate of drug-likeness (QED) is 0.304. The van der Waals surface area contributed by atoms with Crippen LogP contribution in [-0.4, -0.2) is 10.7 Å². The first-order valence-corrected chi connectivity index (χ1v) is 9.91. The molecule has 0 aromatic rings. The van der Waals surface area contributed by atoms with Crippen LogP contribution in [0.15, 0.2) is 0 Å². The van der Waals surface area contributed by atoms with E-state index in [0.29, 0.717) is 0 Å². The molecule has 0 bridgehead atoms. The maximum Gasteiger partial charge on any atom is 0.0645 e. The zero-order valence-corrected chi connectivity index (χ0v) is 15.3. The third kappa shape index (κ3) is 13.4. The fraction of sp³-hybridized carbons (Fsp3) is 1.00. The summed E-state index contributed by atoms with van der Waals surface area (Å²) in [4.78, 5) is 0. The molecule has 0 aromatic carbocycles. The van der Waals surface area contributed by atoms with E-state index in [-0.39, 0.29) is 5.60 Å². The smallest absolute Gasteiger partial charge is 0.0645 e. The zero-order valence-electron chi connectivity index (χ0n) is 15.3. The van der Waals surface area contributed by atoms with Crippen LogP contribution in [0, 0.1) is 0 Å². The van der Waals surface area contributed by atoms with Gasteiger partial charge < -0.3 is 5.11 Å². The molecule has 0 rings (SSSR count). The van der Waals surface area contributed by atoms with E-state index in [9.17, 15) is 5.11 Å². The summed E-state index contributed by atoms with van der Waals surface area (Å²) in [6.45, 7) is 6.65. The maximum absolute atomic E-state index is 10.6. The summed E-state index contributed by atoms with van der Waals surface area (Å²) in [7, 11) is 0. The Hall–Kier alpha value is -0.0400. The Kier molecular flexibility index (Phi) is 14.9. The normalized spacial score (nSPS) is 14.3. The number of aliphatic hydroxyl groups is 1. The molecule has 0 saturated heterocycles. The average Bonchev–Trinajstić information content (AvgIpc) is 2.49. The highest BCUT2D eigenvalue weighted by Gasteiger charge is 2.22. The molecule has 0 amide bonds. The van der Waals surface area contributed by atoms with E-state index >= 15 is 0 Å². The molecule has 0 fully saturated rings. The van der Waals surface area contributed by atoms with Gasteiger partial charge in [-0.25, -0.2) is 0 Å². The summed E-state index contributed by atoms with van der Waals surface area (Å²) < 4.78 is 0. The van der Waals surface area contributed by atoms with Gasteiger partial charge in [-0.1, -0.05) is 104 Å². The van der Waals surface area contributed by atoms with Crippen molar-refractivity contribution in [2.45, 2.75) is 129 Å². The van der Waals surface area contributed by atoms with Crippen molar-refractivity contribution < 1.29 is 5.11 Å². The van der Waals surface area contributed by atoms with Gasteiger partial charge in [0.1, 0.15) is 0 Å². The van der Waals surface area contributed by atoms with Crippen molar-refractivity contribution >= 4 is 0 Å². The fourth-order valence-electron chi connectivity index (χ4n) is 3.12. The number of unbranched alkanes of at least 4 members (excludes halogenated alkanes) is 11. The van der Waals surface area contributed by atoms with Gasteiger partial charge in [-0.2, -0.15) is 0 Å². The molecule has 21 heavy (non-hydrogen) atoms. The lowest BCUT2D eigenvalue weighted by atomic mass is 9.88. The van der Waals surface area contributed by atoms with Crippen LogP contribution in [0.3, 0.4) is 0 Å². The number of rotatable bonds is 16. The Balaban J connectivity index is 3.42. The molecule has 0 radical (unpaired) electrons. The van der Waals surface area contributed by atoms with E-state index in [1.807, 2.05) is 0 Å². The largest absolute Gasteiger partial charge is 0.390 e. The van der Waals surface area contributed by atoms with Crippen LogP contribution < -0.4 is 0 Å². The number of hydrogen-bond donors (Lipinski definition) is 1. The van der Waals surface area contributed by atoms with Crippen LogP contribution in [0.5, 0.6) is 0 Å². The third-order valence-corrected chi connectivity index (χ3v) is 4.90. The van der Waals surface area contributed by atoms with Gasteiger partial charge in [-0.15, -0.1) is 0 Å². The highest BCUT2D eigenvalue weighted by molar-refractivity contribution is 4.76. The highest BCUT2D eigenvalue weighted by Crippen LogP contribution is 2.26. The predicted molar refractivity (Wildman–Crippen MR) is 95.8 cm³/mol. The summed E-state index contributed by atoms with van der Waals surface area (Å²) in [6, 6.07) is 0. The molecule has 1 unspecified atom stereocenters. The standard InChI is InChI=1S/C20H42O/c1-4-7-9-10-11-12-13-14-15-17-19-20(21,6-3)18-16-8-5-2/h21H,4-19H2,1-3H3. The molecule has 1 heteroatoms. The molecule has 0 spiro atoms. The predicted octanol–water partition coefficient (Wildman–Crippen LogP) is 7.02. The third-order valence-electron chi connectivity index (χ3n) is 4.90. The molecular weight excluding hydrogens is 256 g/mol. The van der Waals surface area contributed by atoms with E-state index in [4.69, 9.17) is 0 Å². The molecule has 0 aliphatic carbocycles. The van der Waals surface area contributed by atoms with Crippen molar-refractivity contribution in [1.29, 1.82) is 0 Å². The van der Waals surface area contributed by atoms with Crippen LogP contribution >= 0.6 is 0 Å². The molecule has 1 N–H and O–H groups in total. The maximum atomic E-state index is 10.6. The summed E-state index contributed by atoms with van der Waals surface area (Å²) >= 11 is 0. The molecule has 1 atom stereocenters. The van der Waals surface area contributed by atoms with Crippen LogP contribution in [0.2, 0.25) is 0 Å². The van der Waals surface area contributed by atoms with Gasteiger partial charge in [-0.3, -0.25) is 0 Å². The summed E-state index contributed by atoms with van der Waals surface area (Å²) in [5.41, 5.74) is -0.366. The summed E-state index contributed by atoms with van der Waals surface area (Å²) in [5, 5.41) is 10.6. The summed E-state index contributed by atoms with van der Waals surface area (Å²) in [6.07, 6.45) is 20.4. The van der Waals surface area contributed by atoms with Crippen LogP contribution in [0.1, 0.15) is 124 Å². The number of hydrogen-bond acceptors (Lipinski definition) is 1. The lowest BCUT2D eigenvalue weighted by molar-refractivity contribution is 0.0141. The first-order valence-electron chi connectivity index (χ1n) is 9.91. The average molecular weight is 299 g/mol. The lowest BCUT2D eigenvalue weighted by Gasteiger charge is -2.27. The first kappa shape index (κ1) is 21.0. The molecule has 0 aliphatic rings. The van der Waals surface area contributed by atoms with Crippen molar-refractivity contribution in [2.24, 2.45) is 0 Å². The minimum absolute atomic E-state index is 0.366. The molecular formula is C20H42O. The first-order chi connectivity index (χ1) is 10.2. The fourth-order valence-corrected chi connectivity index (χ4v) is 3.12. The van der Waals surface area contributed by atoms with Crippen molar-refractivity contribution in [2.75, 3.05) is 0 Å². The molecule has 0 saturated carbocycles. The zero-order chi connectivity index (χ0) is 15.8. The topological polar surface area (TPSA) is 20.2 Å². The molecule has 1 nitrogen and oxygen atoms in total. The van der Waals surface area contributed by atoms with Crippen LogP contribution in [0.4, 0.5) is 0 Å².